The van der Waals surface area contributed by atoms with Gasteiger partial charge in [-0.15, -0.1) is 0 Å². The Balaban J connectivity index is 1.94. The molecule has 0 aromatic heterocycles. The van der Waals surface area contributed by atoms with Crippen LogP contribution in [0.5, 0.6) is 0 Å². The number of aryl methyl sites for hydroxylation is 3. The van der Waals surface area contributed by atoms with Gasteiger partial charge in [-0.3, -0.25) is 0 Å². The second-order valence-electron chi connectivity index (χ2n) is 4.97. The molecule has 2 rings (SSSR count). The number of hydrogen-bond acceptors (Lipinski definition) is 1. The molecule has 0 bridgehead atoms. The van der Waals surface area contributed by atoms with Gasteiger partial charge in [0.25, 0.3) is 0 Å². The van der Waals surface area contributed by atoms with Gasteiger partial charge in [-0.1, -0.05) is 23.8 Å². The molecule has 0 spiro atoms. The Morgan fingerprint density at radius 3 is 2.73 bits per heavy atom. The number of nitrogens with two attached hydrogens (primary N) is 1. The summed E-state index contributed by atoms with van der Waals surface area (Å²) < 4.78 is 0. The fourth-order valence-corrected chi connectivity index (χ4v) is 2.15. The van der Waals surface area contributed by atoms with Crippen molar-refractivity contribution in [3.05, 3.63) is 34.9 Å². The zero-order valence-electron chi connectivity index (χ0n) is 9.79. The van der Waals surface area contributed by atoms with Gasteiger partial charge in [0.2, 0.25) is 0 Å². The van der Waals surface area contributed by atoms with Gasteiger partial charge in [0.05, 0.1) is 0 Å². The molecule has 0 aliphatic heterocycles. The fourth-order valence-electron chi connectivity index (χ4n) is 2.15. The Morgan fingerprint density at radius 1 is 1.33 bits per heavy atom. The van der Waals surface area contributed by atoms with Crippen molar-refractivity contribution < 1.29 is 0 Å². The highest BCUT2D eigenvalue weighted by Gasteiger charge is 2.27. The fraction of sp³-hybridized carbons (Fsp3) is 0.571. The summed E-state index contributed by atoms with van der Waals surface area (Å²) >= 11 is 0. The summed E-state index contributed by atoms with van der Waals surface area (Å²) in [7, 11) is 0. The number of rotatable bonds is 4. The second kappa shape index (κ2) is 4.36. The van der Waals surface area contributed by atoms with E-state index in [-0.39, 0.29) is 0 Å². The molecule has 0 heterocycles. The van der Waals surface area contributed by atoms with E-state index in [9.17, 15) is 0 Å². The van der Waals surface area contributed by atoms with E-state index >= 15 is 0 Å². The minimum absolute atomic E-state index is 0.435. The third-order valence-electron chi connectivity index (χ3n) is 3.48. The quantitative estimate of drug-likeness (QED) is 0.800. The maximum absolute atomic E-state index is 6.11. The summed E-state index contributed by atoms with van der Waals surface area (Å²) in [5.41, 5.74) is 10.4. The van der Waals surface area contributed by atoms with Gasteiger partial charge >= 0.3 is 0 Å². The Morgan fingerprint density at radius 2 is 2.07 bits per heavy atom. The van der Waals surface area contributed by atoms with Crippen molar-refractivity contribution in [3.8, 4) is 0 Å². The maximum atomic E-state index is 6.11. The summed E-state index contributed by atoms with van der Waals surface area (Å²) in [6.45, 7) is 4.35. The Kier molecular flexibility index (Phi) is 3.11. The van der Waals surface area contributed by atoms with Gasteiger partial charge in [-0.2, -0.15) is 0 Å². The van der Waals surface area contributed by atoms with E-state index in [0.717, 1.165) is 18.8 Å². The lowest BCUT2D eigenvalue weighted by Crippen LogP contribution is -2.23. The van der Waals surface area contributed by atoms with E-state index < -0.39 is 0 Å². The van der Waals surface area contributed by atoms with Crippen LogP contribution in [0.15, 0.2) is 18.2 Å². The Labute approximate surface area is 92.7 Å². The van der Waals surface area contributed by atoms with Crippen molar-refractivity contribution in [2.45, 2.75) is 45.6 Å². The Bertz CT molecular complexity index is 339. The molecule has 1 aliphatic rings. The predicted octanol–water partition coefficient (Wildman–Crippen LogP) is 2.97. The summed E-state index contributed by atoms with van der Waals surface area (Å²) in [5.74, 6) is 0.829. The molecule has 1 unspecified atom stereocenters. The normalized spacial score (nSPS) is 17.8. The summed E-state index contributed by atoms with van der Waals surface area (Å²) in [4.78, 5) is 0. The first-order valence-electron chi connectivity index (χ1n) is 5.98. The Hall–Kier alpha value is -0.820. The molecule has 1 aromatic carbocycles. The van der Waals surface area contributed by atoms with E-state index in [1.807, 2.05) is 0 Å². The first kappa shape index (κ1) is 10.7. The minimum Gasteiger partial charge on any atom is -0.327 e. The molecule has 1 saturated carbocycles. The smallest absolute Gasteiger partial charge is 0.00703 e. The van der Waals surface area contributed by atoms with Crippen molar-refractivity contribution in [1.82, 2.24) is 0 Å². The average Bonchev–Trinajstić information content (AvgIpc) is 3.02. The largest absolute Gasteiger partial charge is 0.327 e. The number of benzene rings is 1. The molecule has 1 atom stereocenters. The van der Waals surface area contributed by atoms with E-state index in [1.54, 1.807) is 0 Å². The molecule has 1 aromatic rings. The number of hydrogen-bond donors (Lipinski definition) is 1. The molecule has 82 valence electrons. The van der Waals surface area contributed by atoms with Crippen LogP contribution in [0, 0.1) is 19.8 Å². The van der Waals surface area contributed by atoms with Crippen molar-refractivity contribution in [1.29, 1.82) is 0 Å². The summed E-state index contributed by atoms with van der Waals surface area (Å²) in [5, 5.41) is 0. The molecule has 1 heteroatoms. The zero-order valence-corrected chi connectivity index (χ0v) is 9.79. The minimum atomic E-state index is 0.435. The standard InChI is InChI=1S/C14H21N/c1-10-3-4-11(2)13(9-10)7-8-14(15)12-5-6-12/h3-4,9,12,14H,5-8,15H2,1-2H3. The van der Waals surface area contributed by atoms with Crippen molar-refractivity contribution in [2.75, 3.05) is 0 Å². The maximum Gasteiger partial charge on any atom is 0.00703 e. The van der Waals surface area contributed by atoms with Crippen molar-refractivity contribution >= 4 is 0 Å². The molecule has 0 saturated heterocycles. The van der Waals surface area contributed by atoms with Gasteiger partial charge in [-0.25, -0.2) is 0 Å². The van der Waals surface area contributed by atoms with Gasteiger partial charge in [0, 0.05) is 6.04 Å². The summed E-state index contributed by atoms with van der Waals surface area (Å²) in [6.07, 6.45) is 5.00. The van der Waals surface area contributed by atoms with Crippen LogP contribution in [0.25, 0.3) is 0 Å². The molecule has 15 heavy (non-hydrogen) atoms. The van der Waals surface area contributed by atoms with Gasteiger partial charge < -0.3 is 5.73 Å². The van der Waals surface area contributed by atoms with Gasteiger partial charge in [-0.05, 0) is 56.6 Å². The van der Waals surface area contributed by atoms with E-state index in [2.05, 4.69) is 32.0 Å². The summed E-state index contributed by atoms with van der Waals surface area (Å²) in [6, 6.07) is 7.13. The molecule has 1 fully saturated rings. The molecule has 0 amide bonds. The van der Waals surface area contributed by atoms with E-state index in [0.29, 0.717) is 6.04 Å². The van der Waals surface area contributed by atoms with Crippen LogP contribution in [0.2, 0.25) is 0 Å². The average molecular weight is 203 g/mol. The molecular formula is C14H21N. The molecule has 1 nitrogen and oxygen atoms in total. The first-order valence-corrected chi connectivity index (χ1v) is 5.98. The van der Waals surface area contributed by atoms with Gasteiger partial charge in [0.15, 0.2) is 0 Å². The van der Waals surface area contributed by atoms with Crippen LogP contribution in [-0.4, -0.2) is 6.04 Å². The lowest BCUT2D eigenvalue weighted by molar-refractivity contribution is 0.549. The van der Waals surface area contributed by atoms with Crippen LogP contribution in [0.3, 0.4) is 0 Å². The molecular weight excluding hydrogens is 182 g/mol. The highest BCUT2D eigenvalue weighted by Crippen LogP contribution is 2.33. The molecule has 2 N–H and O–H groups in total. The third-order valence-corrected chi connectivity index (χ3v) is 3.48. The van der Waals surface area contributed by atoms with Crippen molar-refractivity contribution in [3.63, 3.8) is 0 Å². The lowest BCUT2D eigenvalue weighted by Gasteiger charge is -2.12. The van der Waals surface area contributed by atoms with Gasteiger partial charge in [0.1, 0.15) is 0 Å². The SMILES string of the molecule is Cc1ccc(C)c(CCC(N)C2CC2)c1. The lowest BCUT2D eigenvalue weighted by atomic mass is 9.98. The van der Waals surface area contributed by atoms with Crippen LogP contribution >= 0.6 is 0 Å². The van der Waals surface area contributed by atoms with Crippen LogP contribution in [0.4, 0.5) is 0 Å². The van der Waals surface area contributed by atoms with E-state index in [1.165, 1.54) is 29.5 Å². The van der Waals surface area contributed by atoms with Crippen LogP contribution in [-0.2, 0) is 6.42 Å². The van der Waals surface area contributed by atoms with Crippen molar-refractivity contribution in [2.24, 2.45) is 11.7 Å². The highest BCUT2D eigenvalue weighted by molar-refractivity contribution is 5.30. The third kappa shape index (κ3) is 2.82. The van der Waals surface area contributed by atoms with E-state index in [4.69, 9.17) is 5.73 Å². The predicted molar refractivity (Wildman–Crippen MR) is 64.9 cm³/mol. The first-order chi connectivity index (χ1) is 7.16. The van der Waals surface area contributed by atoms with Crippen LogP contribution < -0.4 is 5.73 Å². The molecule has 0 radical (unpaired) electrons. The highest BCUT2D eigenvalue weighted by atomic mass is 14.7. The monoisotopic (exact) mass is 203 g/mol. The molecule has 1 aliphatic carbocycles. The topological polar surface area (TPSA) is 26.0 Å². The second-order valence-corrected chi connectivity index (χ2v) is 4.97. The zero-order chi connectivity index (χ0) is 10.8. The van der Waals surface area contributed by atoms with Crippen LogP contribution in [0.1, 0.15) is 36.0 Å².